The van der Waals surface area contributed by atoms with E-state index in [1.807, 2.05) is 6.08 Å². The minimum atomic E-state index is -0.262. The van der Waals surface area contributed by atoms with Crippen molar-refractivity contribution in [1.82, 2.24) is 0 Å². The predicted octanol–water partition coefficient (Wildman–Crippen LogP) is 4.39. The highest BCUT2D eigenvalue weighted by molar-refractivity contribution is 5.81. The SMILES string of the molecule is COC(=O)/C=C\CCCCCCCCCCC(O)C1CC1. The summed E-state index contributed by atoms with van der Waals surface area (Å²) in [4.78, 5) is 10.8. The third kappa shape index (κ3) is 10.5. The fraction of sp³-hybridized carbons (Fsp3) is 0.833. The molecule has 0 bridgehead atoms. The molecule has 0 aromatic rings. The zero-order valence-corrected chi connectivity index (χ0v) is 13.6. The van der Waals surface area contributed by atoms with E-state index in [0.29, 0.717) is 5.92 Å². The van der Waals surface area contributed by atoms with Crippen molar-refractivity contribution in [2.24, 2.45) is 5.92 Å². The van der Waals surface area contributed by atoms with Crippen molar-refractivity contribution in [3.63, 3.8) is 0 Å². The van der Waals surface area contributed by atoms with Crippen LogP contribution in [0.1, 0.15) is 77.0 Å². The van der Waals surface area contributed by atoms with E-state index in [1.54, 1.807) is 0 Å². The van der Waals surface area contributed by atoms with Gasteiger partial charge in [-0.15, -0.1) is 0 Å². The molecule has 0 aromatic heterocycles. The van der Waals surface area contributed by atoms with Gasteiger partial charge in [0, 0.05) is 6.08 Å². The lowest BCUT2D eigenvalue weighted by Crippen LogP contribution is -2.08. The van der Waals surface area contributed by atoms with Crippen LogP contribution in [0.25, 0.3) is 0 Å². The van der Waals surface area contributed by atoms with Crippen LogP contribution < -0.4 is 0 Å². The van der Waals surface area contributed by atoms with Crippen molar-refractivity contribution < 1.29 is 14.6 Å². The number of carbonyl (C=O) groups is 1. The largest absolute Gasteiger partial charge is 0.466 e. The molecular formula is C18H32O3. The zero-order valence-electron chi connectivity index (χ0n) is 13.6. The van der Waals surface area contributed by atoms with Gasteiger partial charge in [-0.05, 0) is 38.0 Å². The maximum Gasteiger partial charge on any atom is 0.330 e. The van der Waals surface area contributed by atoms with Gasteiger partial charge < -0.3 is 9.84 Å². The van der Waals surface area contributed by atoms with Crippen molar-refractivity contribution in [1.29, 1.82) is 0 Å². The number of hydrogen-bond donors (Lipinski definition) is 1. The first-order valence-electron chi connectivity index (χ1n) is 8.66. The molecule has 21 heavy (non-hydrogen) atoms. The highest BCUT2D eigenvalue weighted by Gasteiger charge is 2.28. The molecule has 1 saturated carbocycles. The lowest BCUT2D eigenvalue weighted by Gasteiger charge is -2.08. The maximum atomic E-state index is 10.8. The lowest BCUT2D eigenvalue weighted by atomic mass is 10.0. The number of esters is 1. The summed E-state index contributed by atoms with van der Waals surface area (Å²) in [5.41, 5.74) is 0. The number of carbonyl (C=O) groups excluding carboxylic acids is 1. The molecule has 0 aliphatic heterocycles. The quantitative estimate of drug-likeness (QED) is 0.311. The number of allylic oxidation sites excluding steroid dienone is 1. The van der Waals surface area contributed by atoms with Crippen molar-refractivity contribution >= 4 is 5.97 Å². The van der Waals surface area contributed by atoms with Gasteiger partial charge in [0.2, 0.25) is 0 Å². The monoisotopic (exact) mass is 296 g/mol. The smallest absolute Gasteiger partial charge is 0.330 e. The fourth-order valence-corrected chi connectivity index (χ4v) is 2.64. The van der Waals surface area contributed by atoms with Crippen molar-refractivity contribution in [2.45, 2.75) is 83.2 Å². The highest BCUT2D eigenvalue weighted by atomic mass is 16.5. The maximum absolute atomic E-state index is 10.8. The van der Waals surface area contributed by atoms with Crippen LogP contribution in [0, 0.1) is 5.92 Å². The minimum Gasteiger partial charge on any atom is -0.466 e. The first-order chi connectivity index (χ1) is 10.2. The first kappa shape index (κ1) is 18.2. The third-order valence-electron chi connectivity index (χ3n) is 4.24. The van der Waals surface area contributed by atoms with E-state index in [-0.39, 0.29) is 12.1 Å². The molecule has 0 aromatic carbocycles. The Bertz CT molecular complexity index is 295. The summed E-state index contributed by atoms with van der Waals surface area (Å²) in [6.07, 6.45) is 17.9. The van der Waals surface area contributed by atoms with Crippen LogP contribution in [0.2, 0.25) is 0 Å². The van der Waals surface area contributed by atoms with Gasteiger partial charge in [0.05, 0.1) is 13.2 Å². The topological polar surface area (TPSA) is 46.5 Å². The van der Waals surface area contributed by atoms with Crippen LogP contribution in [-0.4, -0.2) is 24.3 Å². The Morgan fingerprint density at radius 3 is 2.24 bits per heavy atom. The Kier molecular flexibility index (Phi) is 10.2. The first-order valence-corrected chi connectivity index (χ1v) is 8.66. The van der Waals surface area contributed by atoms with Gasteiger partial charge >= 0.3 is 5.97 Å². The fourth-order valence-electron chi connectivity index (χ4n) is 2.64. The molecule has 0 saturated heterocycles. The van der Waals surface area contributed by atoms with Crippen molar-refractivity contribution in [3.8, 4) is 0 Å². The Morgan fingerprint density at radius 2 is 1.67 bits per heavy atom. The Balaban J connectivity index is 1.74. The van der Waals surface area contributed by atoms with E-state index in [9.17, 15) is 9.90 Å². The van der Waals surface area contributed by atoms with Crippen LogP contribution in [0.15, 0.2) is 12.2 Å². The number of ether oxygens (including phenoxy) is 1. The molecule has 0 radical (unpaired) electrons. The summed E-state index contributed by atoms with van der Waals surface area (Å²) in [6.45, 7) is 0. The van der Waals surface area contributed by atoms with Gasteiger partial charge in [-0.25, -0.2) is 4.79 Å². The molecular weight excluding hydrogens is 264 g/mol. The Morgan fingerprint density at radius 1 is 1.10 bits per heavy atom. The van der Waals surface area contributed by atoms with Gasteiger partial charge in [0.15, 0.2) is 0 Å². The molecule has 3 nitrogen and oxygen atoms in total. The average Bonchev–Trinajstić information content (AvgIpc) is 3.32. The molecule has 1 atom stereocenters. The van der Waals surface area contributed by atoms with Gasteiger partial charge in [-0.1, -0.05) is 51.0 Å². The average molecular weight is 296 g/mol. The number of aliphatic hydroxyl groups excluding tert-OH is 1. The Labute approximate surface area is 129 Å². The minimum absolute atomic E-state index is 0.0111. The van der Waals surface area contributed by atoms with Crippen LogP contribution >= 0.6 is 0 Å². The van der Waals surface area contributed by atoms with Crippen molar-refractivity contribution in [3.05, 3.63) is 12.2 Å². The third-order valence-corrected chi connectivity index (χ3v) is 4.24. The second-order valence-electron chi connectivity index (χ2n) is 6.24. The van der Waals surface area contributed by atoms with E-state index < -0.39 is 0 Å². The molecule has 122 valence electrons. The summed E-state index contributed by atoms with van der Waals surface area (Å²) in [6, 6.07) is 0. The molecule has 1 aliphatic rings. The van der Waals surface area contributed by atoms with E-state index in [4.69, 9.17) is 0 Å². The van der Waals surface area contributed by atoms with E-state index >= 15 is 0 Å². The lowest BCUT2D eigenvalue weighted by molar-refractivity contribution is -0.134. The standard InChI is InChI=1S/C18H32O3/c1-21-18(20)13-11-9-7-5-3-2-4-6-8-10-12-17(19)16-14-15-16/h11,13,16-17,19H,2-10,12,14-15H2,1H3/b13-11-. The zero-order chi connectivity index (χ0) is 15.3. The van der Waals surface area contributed by atoms with Gasteiger partial charge in [-0.2, -0.15) is 0 Å². The molecule has 1 fully saturated rings. The summed E-state index contributed by atoms with van der Waals surface area (Å²) >= 11 is 0. The van der Waals surface area contributed by atoms with Crippen molar-refractivity contribution in [2.75, 3.05) is 7.11 Å². The number of aliphatic hydroxyl groups is 1. The van der Waals surface area contributed by atoms with Gasteiger partial charge in [-0.3, -0.25) is 0 Å². The highest BCUT2D eigenvalue weighted by Crippen LogP contribution is 2.34. The van der Waals surface area contributed by atoms with Crippen LogP contribution in [0.3, 0.4) is 0 Å². The van der Waals surface area contributed by atoms with Gasteiger partial charge in [0.25, 0.3) is 0 Å². The summed E-state index contributed by atoms with van der Waals surface area (Å²) < 4.78 is 4.53. The molecule has 1 rings (SSSR count). The molecule has 1 unspecified atom stereocenters. The summed E-state index contributed by atoms with van der Waals surface area (Å²) in [7, 11) is 1.40. The van der Waals surface area contributed by atoms with E-state index in [1.165, 1.54) is 71.0 Å². The second-order valence-corrected chi connectivity index (χ2v) is 6.24. The molecule has 1 N–H and O–H groups in total. The Hall–Kier alpha value is -0.830. The molecule has 0 amide bonds. The molecule has 0 spiro atoms. The normalized spacial score (nSPS) is 16.3. The van der Waals surface area contributed by atoms with Crippen LogP contribution in [-0.2, 0) is 9.53 Å². The number of rotatable bonds is 13. The second kappa shape index (κ2) is 11.8. The van der Waals surface area contributed by atoms with Crippen LogP contribution in [0.4, 0.5) is 0 Å². The van der Waals surface area contributed by atoms with Crippen LogP contribution in [0.5, 0.6) is 0 Å². The summed E-state index contributed by atoms with van der Waals surface area (Å²) in [5, 5.41) is 9.75. The number of hydrogen-bond acceptors (Lipinski definition) is 3. The van der Waals surface area contributed by atoms with E-state index in [0.717, 1.165) is 19.3 Å². The molecule has 0 heterocycles. The number of methoxy groups -OCH3 is 1. The molecule has 3 heteroatoms. The number of unbranched alkanes of at least 4 members (excludes halogenated alkanes) is 8. The van der Waals surface area contributed by atoms with E-state index in [2.05, 4.69) is 4.74 Å². The van der Waals surface area contributed by atoms with Gasteiger partial charge in [0.1, 0.15) is 0 Å². The predicted molar refractivity (Wildman–Crippen MR) is 86.1 cm³/mol. The summed E-state index contributed by atoms with van der Waals surface area (Å²) in [5.74, 6) is 0.375. The molecule has 1 aliphatic carbocycles.